The summed E-state index contributed by atoms with van der Waals surface area (Å²) >= 11 is 3.38. The van der Waals surface area contributed by atoms with Crippen molar-refractivity contribution in [3.63, 3.8) is 0 Å². The number of halogens is 1. The Morgan fingerprint density at radius 3 is 2.45 bits per heavy atom. The molecule has 0 aliphatic heterocycles. The second-order valence-corrected chi connectivity index (χ2v) is 5.78. The van der Waals surface area contributed by atoms with Crippen LogP contribution in [0.15, 0.2) is 40.9 Å². The molecule has 0 bridgehead atoms. The fourth-order valence-electron chi connectivity index (χ4n) is 2.16. The van der Waals surface area contributed by atoms with Crippen LogP contribution in [-0.2, 0) is 11.2 Å². The Labute approximate surface area is 138 Å². The van der Waals surface area contributed by atoms with Crippen molar-refractivity contribution in [2.24, 2.45) is 0 Å². The second-order valence-electron chi connectivity index (χ2n) is 4.87. The molecule has 5 heteroatoms. The van der Waals surface area contributed by atoms with Gasteiger partial charge in [-0.2, -0.15) is 0 Å². The molecule has 0 aliphatic rings. The first-order valence-corrected chi connectivity index (χ1v) is 7.59. The van der Waals surface area contributed by atoms with Crippen molar-refractivity contribution in [2.45, 2.75) is 13.3 Å². The molecule has 0 aliphatic carbocycles. The lowest BCUT2D eigenvalue weighted by atomic mass is 10.0. The number of hydrogen-bond donors (Lipinski definition) is 1. The number of aryl methyl sites for hydroxylation is 1. The van der Waals surface area contributed by atoms with Crippen molar-refractivity contribution in [1.29, 1.82) is 0 Å². The largest absolute Gasteiger partial charge is 0.493 e. The lowest BCUT2D eigenvalue weighted by molar-refractivity contribution is -0.115. The van der Waals surface area contributed by atoms with Crippen LogP contribution in [0.2, 0.25) is 0 Å². The summed E-state index contributed by atoms with van der Waals surface area (Å²) in [5, 5.41) is 2.88. The first-order valence-electron chi connectivity index (χ1n) is 6.80. The highest BCUT2D eigenvalue weighted by Gasteiger charge is 2.12. The van der Waals surface area contributed by atoms with Gasteiger partial charge in [0.2, 0.25) is 5.91 Å². The van der Waals surface area contributed by atoms with Crippen LogP contribution >= 0.6 is 15.9 Å². The van der Waals surface area contributed by atoms with E-state index in [1.54, 1.807) is 14.2 Å². The molecule has 1 amide bonds. The Hall–Kier alpha value is -2.01. The minimum absolute atomic E-state index is 0.0755. The van der Waals surface area contributed by atoms with Crippen LogP contribution in [0.5, 0.6) is 11.5 Å². The predicted molar refractivity (Wildman–Crippen MR) is 90.8 cm³/mol. The lowest BCUT2D eigenvalue weighted by Crippen LogP contribution is -2.15. The van der Waals surface area contributed by atoms with Crippen molar-refractivity contribution in [2.75, 3.05) is 19.5 Å². The van der Waals surface area contributed by atoms with Crippen LogP contribution < -0.4 is 14.8 Å². The normalized spacial score (nSPS) is 10.2. The molecule has 0 radical (unpaired) electrons. The molecule has 22 heavy (non-hydrogen) atoms. The third-order valence-electron chi connectivity index (χ3n) is 3.30. The molecule has 0 unspecified atom stereocenters. The summed E-state index contributed by atoms with van der Waals surface area (Å²) in [6.07, 6.45) is 0.276. The molecule has 0 atom stereocenters. The Morgan fingerprint density at radius 1 is 1.14 bits per heavy atom. The molecule has 1 N–H and O–H groups in total. The number of nitrogens with one attached hydrogen (secondary N) is 1. The SMILES string of the molecule is COc1cc(C)c(CC(=O)Nc2cccc(Br)c2)cc1OC. The van der Waals surface area contributed by atoms with E-state index in [-0.39, 0.29) is 12.3 Å². The number of ether oxygens (including phenoxy) is 2. The fourth-order valence-corrected chi connectivity index (χ4v) is 2.56. The number of amides is 1. The minimum Gasteiger partial charge on any atom is -0.493 e. The van der Waals surface area contributed by atoms with E-state index in [0.717, 1.165) is 21.3 Å². The smallest absolute Gasteiger partial charge is 0.228 e. The third kappa shape index (κ3) is 4.01. The van der Waals surface area contributed by atoms with E-state index in [9.17, 15) is 4.79 Å². The number of benzene rings is 2. The van der Waals surface area contributed by atoms with Gasteiger partial charge < -0.3 is 14.8 Å². The summed E-state index contributed by atoms with van der Waals surface area (Å²) in [6, 6.07) is 11.2. The molecule has 116 valence electrons. The standard InChI is InChI=1S/C17H18BrNO3/c1-11-7-15(21-2)16(22-3)8-12(11)9-17(20)19-14-6-4-5-13(18)10-14/h4-8,10H,9H2,1-3H3,(H,19,20). The van der Waals surface area contributed by atoms with E-state index in [1.807, 2.05) is 43.3 Å². The van der Waals surface area contributed by atoms with Crippen molar-refractivity contribution >= 4 is 27.5 Å². The molecule has 0 saturated carbocycles. The molecule has 0 saturated heterocycles. The summed E-state index contributed by atoms with van der Waals surface area (Å²) in [6.45, 7) is 1.95. The van der Waals surface area contributed by atoms with Crippen molar-refractivity contribution < 1.29 is 14.3 Å². The molecule has 2 aromatic rings. The molecule has 2 aromatic carbocycles. The summed E-state index contributed by atoms with van der Waals surface area (Å²) in [7, 11) is 3.18. The van der Waals surface area contributed by atoms with Crippen molar-refractivity contribution in [3.8, 4) is 11.5 Å². The van der Waals surface area contributed by atoms with E-state index in [1.165, 1.54) is 0 Å². The summed E-state index contributed by atoms with van der Waals surface area (Å²) in [4.78, 5) is 12.2. The first-order chi connectivity index (χ1) is 10.5. The summed E-state index contributed by atoms with van der Waals surface area (Å²) in [5.74, 6) is 1.21. The number of carbonyl (C=O) groups excluding carboxylic acids is 1. The topological polar surface area (TPSA) is 47.6 Å². The Kier molecular flexibility index (Phi) is 5.44. The molecule has 0 heterocycles. The molecular formula is C17H18BrNO3. The zero-order chi connectivity index (χ0) is 16.1. The fraction of sp³-hybridized carbons (Fsp3) is 0.235. The number of methoxy groups -OCH3 is 2. The molecule has 0 fully saturated rings. The second kappa shape index (κ2) is 7.31. The van der Waals surface area contributed by atoms with Gasteiger partial charge in [-0.05, 0) is 48.4 Å². The number of carbonyl (C=O) groups is 1. The van der Waals surface area contributed by atoms with E-state index >= 15 is 0 Å². The van der Waals surface area contributed by atoms with Gasteiger partial charge in [0.25, 0.3) is 0 Å². The summed E-state index contributed by atoms with van der Waals surface area (Å²) < 4.78 is 11.5. The Morgan fingerprint density at radius 2 is 1.82 bits per heavy atom. The average molecular weight is 364 g/mol. The van der Waals surface area contributed by atoms with Crippen LogP contribution in [0.1, 0.15) is 11.1 Å². The molecule has 2 rings (SSSR count). The maximum atomic E-state index is 12.2. The highest BCUT2D eigenvalue weighted by atomic mass is 79.9. The van der Waals surface area contributed by atoms with Crippen LogP contribution in [0.3, 0.4) is 0 Å². The number of anilines is 1. The van der Waals surface area contributed by atoms with Gasteiger partial charge in [-0.3, -0.25) is 4.79 Å². The molecule has 4 nitrogen and oxygen atoms in total. The average Bonchev–Trinajstić information content (AvgIpc) is 2.48. The van der Waals surface area contributed by atoms with Gasteiger partial charge in [0.1, 0.15) is 0 Å². The first kappa shape index (κ1) is 16.4. The Bertz CT molecular complexity index is 686. The van der Waals surface area contributed by atoms with Gasteiger partial charge in [0, 0.05) is 10.2 Å². The molecule has 0 spiro atoms. The monoisotopic (exact) mass is 363 g/mol. The highest BCUT2D eigenvalue weighted by Crippen LogP contribution is 2.30. The lowest BCUT2D eigenvalue weighted by Gasteiger charge is -2.13. The Balaban J connectivity index is 2.14. The highest BCUT2D eigenvalue weighted by molar-refractivity contribution is 9.10. The van der Waals surface area contributed by atoms with Gasteiger partial charge in [0.05, 0.1) is 20.6 Å². The van der Waals surface area contributed by atoms with E-state index in [4.69, 9.17) is 9.47 Å². The van der Waals surface area contributed by atoms with Gasteiger partial charge in [0.15, 0.2) is 11.5 Å². The van der Waals surface area contributed by atoms with E-state index in [2.05, 4.69) is 21.2 Å². The van der Waals surface area contributed by atoms with E-state index in [0.29, 0.717) is 11.5 Å². The maximum Gasteiger partial charge on any atom is 0.228 e. The number of hydrogen-bond acceptors (Lipinski definition) is 3. The van der Waals surface area contributed by atoms with Gasteiger partial charge in [-0.25, -0.2) is 0 Å². The van der Waals surface area contributed by atoms with E-state index < -0.39 is 0 Å². The zero-order valence-corrected chi connectivity index (χ0v) is 14.4. The molecular weight excluding hydrogens is 346 g/mol. The minimum atomic E-state index is -0.0755. The van der Waals surface area contributed by atoms with Gasteiger partial charge >= 0.3 is 0 Å². The predicted octanol–water partition coefficient (Wildman–Crippen LogP) is 3.96. The zero-order valence-electron chi connectivity index (χ0n) is 12.8. The molecule has 0 aromatic heterocycles. The van der Waals surface area contributed by atoms with Crippen molar-refractivity contribution in [3.05, 3.63) is 52.0 Å². The van der Waals surface area contributed by atoms with Crippen LogP contribution in [0.4, 0.5) is 5.69 Å². The third-order valence-corrected chi connectivity index (χ3v) is 3.79. The van der Waals surface area contributed by atoms with Crippen molar-refractivity contribution in [1.82, 2.24) is 0 Å². The maximum absolute atomic E-state index is 12.2. The summed E-state index contributed by atoms with van der Waals surface area (Å²) in [5.41, 5.74) is 2.66. The van der Waals surface area contributed by atoms with Crippen LogP contribution in [0.25, 0.3) is 0 Å². The van der Waals surface area contributed by atoms with Crippen LogP contribution in [0, 0.1) is 6.92 Å². The number of rotatable bonds is 5. The van der Waals surface area contributed by atoms with Gasteiger partial charge in [-0.1, -0.05) is 22.0 Å². The quantitative estimate of drug-likeness (QED) is 0.874. The van der Waals surface area contributed by atoms with Gasteiger partial charge in [-0.15, -0.1) is 0 Å². The van der Waals surface area contributed by atoms with Crippen LogP contribution in [-0.4, -0.2) is 20.1 Å².